The summed E-state index contributed by atoms with van der Waals surface area (Å²) in [6.07, 6.45) is 0. The molecule has 0 bridgehead atoms. The zero-order valence-electron chi connectivity index (χ0n) is 10.3. The summed E-state index contributed by atoms with van der Waals surface area (Å²) in [5, 5.41) is 13.0. The van der Waals surface area contributed by atoms with Crippen molar-refractivity contribution >= 4 is 23.2 Å². The molecule has 8 heteroatoms. The van der Waals surface area contributed by atoms with Gasteiger partial charge in [-0.05, 0) is 19.4 Å². The van der Waals surface area contributed by atoms with Crippen LogP contribution in [0.5, 0.6) is 0 Å². The number of rotatable bonds is 1. The summed E-state index contributed by atoms with van der Waals surface area (Å²) in [6.45, 7) is 3.14. The Morgan fingerprint density at radius 2 is 1.89 bits per heavy atom. The molecular weight excluding hydrogens is 465 g/mol. The summed E-state index contributed by atoms with van der Waals surface area (Å²) < 4.78 is 0. The van der Waals surface area contributed by atoms with E-state index in [9.17, 15) is 19.7 Å². The Morgan fingerprint density at radius 3 is 2.42 bits per heavy atom. The summed E-state index contributed by atoms with van der Waals surface area (Å²) >= 11 is 0. The Morgan fingerprint density at radius 1 is 1.32 bits per heavy atom. The predicted octanol–water partition coefficient (Wildman–Crippen LogP) is 1.83. The summed E-state index contributed by atoms with van der Waals surface area (Å²) in [5.41, 5.74) is 5.63. The average Bonchev–Trinajstić information content (AvgIpc) is 2.25. The third-order valence-corrected chi connectivity index (χ3v) is 3.06. The first-order valence-electron chi connectivity index (χ1n) is 5.16. The van der Waals surface area contributed by atoms with Crippen molar-refractivity contribution in [1.29, 1.82) is 0 Å². The largest absolute Gasteiger partial charge is 0.693 e. The summed E-state index contributed by atoms with van der Waals surface area (Å²) in [7, 11) is 0. The van der Waals surface area contributed by atoms with E-state index in [1.165, 1.54) is 12.1 Å². The van der Waals surface area contributed by atoms with Gasteiger partial charge in [0.1, 0.15) is 5.56 Å². The number of fused-ring (bicyclic) bond motifs is 1. The van der Waals surface area contributed by atoms with E-state index >= 15 is 0 Å². The van der Waals surface area contributed by atoms with Crippen molar-refractivity contribution in [3.8, 4) is 0 Å². The van der Waals surface area contributed by atoms with Gasteiger partial charge in [0.05, 0.1) is 10.3 Å². The Bertz CT molecular complexity index is 598. The number of nitro groups is 1. The molecule has 0 saturated carbocycles. The van der Waals surface area contributed by atoms with Crippen LogP contribution in [0.4, 0.5) is 11.4 Å². The molecule has 1 radical (unpaired) electrons. The second kappa shape index (κ2) is 5.18. The van der Waals surface area contributed by atoms with Gasteiger partial charge in [0.15, 0.2) is 0 Å². The number of nitro benzene ring substituents is 1. The van der Waals surface area contributed by atoms with Crippen molar-refractivity contribution in [1.82, 2.24) is 5.32 Å². The zero-order chi connectivity index (χ0) is 13.7. The van der Waals surface area contributed by atoms with E-state index in [1.54, 1.807) is 13.8 Å². The van der Waals surface area contributed by atoms with Crippen LogP contribution in [0, 0.1) is 54.2 Å². The minimum absolute atomic E-state index is 0. The number of carbonyl (C=O) groups excluding carboxylic acids is 2. The SMILES string of the molecule is CC1(C)C(=O)NC(=O)c2c1ccc([NH-])c2[N+](=O)[O-].[Ac]. The second-order valence-electron chi connectivity index (χ2n) is 4.55. The van der Waals surface area contributed by atoms with Gasteiger partial charge in [-0.15, -0.1) is 0 Å². The Hall–Kier alpha value is -0.998. The first kappa shape index (κ1) is 16.1. The van der Waals surface area contributed by atoms with Gasteiger partial charge in [0, 0.05) is 44.1 Å². The third-order valence-electron chi connectivity index (χ3n) is 3.06. The topological polar surface area (TPSA) is 113 Å². The number of nitrogens with one attached hydrogen (secondary N) is 2. The van der Waals surface area contributed by atoms with Gasteiger partial charge in [0.25, 0.3) is 11.6 Å². The molecule has 0 unspecified atom stereocenters. The molecular formula is C11H10AcN3O4-. The predicted molar refractivity (Wildman–Crippen MR) is 62.6 cm³/mol. The Kier molecular flexibility index (Phi) is 4.37. The van der Waals surface area contributed by atoms with Crippen molar-refractivity contribution < 1.29 is 58.6 Å². The summed E-state index contributed by atoms with van der Waals surface area (Å²) in [6, 6.07) is 2.64. The van der Waals surface area contributed by atoms with E-state index < -0.39 is 27.8 Å². The van der Waals surface area contributed by atoms with E-state index in [1.807, 2.05) is 0 Å². The molecule has 1 heterocycles. The molecule has 0 aromatic heterocycles. The quantitative estimate of drug-likeness (QED) is 0.379. The van der Waals surface area contributed by atoms with Crippen LogP contribution in [0.25, 0.3) is 5.73 Å². The summed E-state index contributed by atoms with van der Waals surface area (Å²) in [4.78, 5) is 33.6. The first-order chi connectivity index (χ1) is 8.26. The van der Waals surface area contributed by atoms with E-state index in [0.717, 1.165) is 0 Å². The van der Waals surface area contributed by atoms with Gasteiger partial charge in [-0.25, -0.2) is 0 Å². The maximum absolute atomic E-state index is 11.7. The third kappa shape index (κ3) is 2.39. The van der Waals surface area contributed by atoms with Crippen LogP contribution in [-0.2, 0) is 10.2 Å². The number of benzene rings is 1. The van der Waals surface area contributed by atoms with E-state index in [-0.39, 0.29) is 60.9 Å². The van der Waals surface area contributed by atoms with Crippen LogP contribution in [-0.4, -0.2) is 16.7 Å². The molecule has 2 amide bonds. The molecule has 0 saturated heterocycles. The van der Waals surface area contributed by atoms with Crippen LogP contribution < -0.4 is 5.32 Å². The molecule has 19 heavy (non-hydrogen) atoms. The number of nitrogens with zero attached hydrogens (tertiary/aromatic N) is 1. The number of amides is 2. The number of carbonyl (C=O) groups is 2. The normalized spacial score (nSPS) is 16.1. The molecule has 1 aliphatic rings. The van der Waals surface area contributed by atoms with E-state index in [0.29, 0.717) is 0 Å². The summed E-state index contributed by atoms with van der Waals surface area (Å²) in [5.74, 6) is -1.33. The van der Waals surface area contributed by atoms with Gasteiger partial charge >= 0.3 is 0 Å². The number of hydrogen-bond acceptors (Lipinski definition) is 4. The first-order valence-corrected chi connectivity index (χ1v) is 5.16. The van der Waals surface area contributed by atoms with Crippen LogP contribution in [0.1, 0.15) is 29.8 Å². The standard InChI is InChI=1S/C11H10N3O4.Ac/c1-11(2)5-3-4-6(12)8(14(17)18)7(5)9(15)13-10(11)16;/h3-4,12H,1-2H3,(H,13,15,16);/q-1;. The van der Waals surface area contributed by atoms with Gasteiger partial charge in [-0.1, -0.05) is 17.8 Å². The number of hydrogen-bond donors (Lipinski definition) is 1. The second-order valence-corrected chi connectivity index (χ2v) is 4.55. The minimum atomic E-state index is -1.04. The van der Waals surface area contributed by atoms with Gasteiger partial charge in [-0.2, -0.15) is 0 Å². The van der Waals surface area contributed by atoms with E-state index in [2.05, 4.69) is 5.32 Å². The van der Waals surface area contributed by atoms with Gasteiger partial charge < -0.3 is 5.73 Å². The van der Waals surface area contributed by atoms with Gasteiger partial charge in [0.2, 0.25) is 5.91 Å². The Labute approximate surface area is 144 Å². The fraction of sp³-hybridized carbons (Fsp3) is 0.273. The zero-order valence-corrected chi connectivity index (χ0v) is 15.1. The number of imide groups is 1. The molecule has 1 aromatic rings. The average molecular weight is 475 g/mol. The Balaban J connectivity index is 0.00000180. The molecule has 1 aliphatic heterocycles. The van der Waals surface area contributed by atoms with Crippen LogP contribution >= 0.6 is 0 Å². The molecule has 7 nitrogen and oxygen atoms in total. The van der Waals surface area contributed by atoms with Crippen molar-refractivity contribution in [2.24, 2.45) is 0 Å². The molecule has 0 atom stereocenters. The van der Waals surface area contributed by atoms with Crippen molar-refractivity contribution in [2.45, 2.75) is 19.3 Å². The molecule has 97 valence electrons. The minimum Gasteiger partial charge on any atom is -0.693 e. The van der Waals surface area contributed by atoms with Crippen molar-refractivity contribution in [3.63, 3.8) is 0 Å². The van der Waals surface area contributed by atoms with Gasteiger partial charge in [-0.3, -0.25) is 25.0 Å². The molecule has 0 spiro atoms. The molecule has 0 fully saturated rings. The smallest absolute Gasteiger partial charge is 0.267 e. The molecule has 2 rings (SSSR count). The van der Waals surface area contributed by atoms with E-state index in [4.69, 9.17) is 5.73 Å². The molecule has 1 aromatic carbocycles. The maximum atomic E-state index is 11.7. The fourth-order valence-electron chi connectivity index (χ4n) is 1.98. The maximum Gasteiger partial charge on any atom is 0.267 e. The van der Waals surface area contributed by atoms with Crippen molar-refractivity contribution in [2.75, 3.05) is 0 Å². The monoisotopic (exact) mass is 475 g/mol. The van der Waals surface area contributed by atoms with Crippen LogP contribution in [0.3, 0.4) is 0 Å². The molecule has 2 N–H and O–H groups in total. The van der Waals surface area contributed by atoms with Crippen LogP contribution in [0.15, 0.2) is 12.1 Å². The van der Waals surface area contributed by atoms with Crippen LogP contribution in [0.2, 0.25) is 0 Å². The fourth-order valence-corrected chi connectivity index (χ4v) is 1.98. The molecule has 0 aliphatic carbocycles. The van der Waals surface area contributed by atoms with Crippen molar-refractivity contribution in [3.05, 3.63) is 39.1 Å².